The number of pyridine rings is 1. The Morgan fingerprint density at radius 1 is 1.03 bits per heavy atom. The zero-order chi connectivity index (χ0) is 21.3. The van der Waals surface area contributed by atoms with E-state index in [0.29, 0.717) is 30.4 Å². The van der Waals surface area contributed by atoms with Crippen molar-refractivity contribution in [3.05, 3.63) is 74.6 Å². The van der Waals surface area contributed by atoms with Gasteiger partial charge in [-0.3, -0.25) is 18.7 Å². The Morgan fingerprint density at radius 2 is 1.80 bits per heavy atom. The molecule has 1 aliphatic heterocycles. The van der Waals surface area contributed by atoms with Crippen LogP contribution in [0.4, 0.5) is 0 Å². The molecule has 0 aliphatic carbocycles. The van der Waals surface area contributed by atoms with Crippen LogP contribution in [0.5, 0.6) is 0 Å². The van der Waals surface area contributed by atoms with Crippen molar-refractivity contribution < 1.29 is 4.79 Å². The van der Waals surface area contributed by atoms with Gasteiger partial charge in [-0.15, -0.1) is 0 Å². The van der Waals surface area contributed by atoms with Crippen molar-refractivity contribution in [2.75, 3.05) is 6.54 Å². The summed E-state index contributed by atoms with van der Waals surface area (Å²) in [6.45, 7) is 0.702. The molecule has 1 unspecified atom stereocenters. The first kappa shape index (κ1) is 20.1. The second-order valence-corrected chi connectivity index (χ2v) is 7.90. The number of hydrogen-bond acceptors (Lipinski definition) is 4. The molecule has 7 heteroatoms. The number of amides is 1. The molecule has 0 spiro atoms. The zero-order valence-corrected chi connectivity index (χ0v) is 17.4. The van der Waals surface area contributed by atoms with Crippen molar-refractivity contribution in [1.29, 1.82) is 0 Å². The lowest BCUT2D eigenvalue weighted by Gasteiger charge is -2.35. The van der Waals surface area contributed by atoms with E-state index >= 15 is 0 Å². The Kier molecular flexibility index (Phi) is 5.53. The molecule has 0 saturated carbocycles. The average molecular weight is 406 g/mol. The number of aromatic nitrogens is 3. The predicted molar refractivity (Wildman–Crippen MR) is 115 cm³/mol. The van der Waals surface area contributed by atoms with Crippen LogP contribution in [0.2, 0.25) is 0 Å². The minimum atomic E-state index is -0.406. The van der Waals surface area contributed by atoms with Gasteiger partial charge in [-0.2, -0.15) is 0 Å². The maximum absolute atomic E-state index is 13.0. The number of piperidine rings is 1. The molecule has 1 aromatic carbocycles. The third-order valence-electron chi connectivity index (χ3n) is 5.96. The summed E-state index contributed by atoms with van der Waals surface area (Å²) in [5.74, 6) is 0.114. The number of rotatable bonds is 4. The lowest BCUT2D eigenvalue weighted by Crippen LogP contribution is -2.40. The van der Waals surface area contributed by atoms with Gasteiger partial charge >= 0.3 is 5.69 Å². The molecular weight excluding hydrogens is 380 g/mol. The highest BCUT2D eigenvalue weighted by Gasteiger charge is 2.29. The Labute approximate surface area is 174 Å². The van der Waals surface area contributed by atoms with Crippen LogP contribution in [0, 0.1) is 0 Å². The van der Waals surface area contributed by atoms with Crippen molar-refractivity contribution in [1.82, 2.24) is 19.0 Å². The largest absolute Gasteiger partial charge is 0.334 e. The number of hydrogen-bond donors (Lipinski definition) is 0. The number of carbonyl (C=O) groups is 1. The first-order valence-corrected chi connectivity index (χ1v) is 10.4. The first-order valence-electron chi connectivity index (χ1n) is 10.4. The van der Waals surface area contributed by atoms with E-state index in [1.54, 1.807) is 13.1 Å². The topological polar surface area (TPSA) is 77.2 Å². The summed E-state index contributed by atoms with van der Waals surface area (Å²) >= 11 is 0. The molecule has 3 heterocycles. The summed E-state index contributed by atoms with van der Waals surface area (Å²) in [7, 11) is 3.08. The van der Waals surface area contributed by atoms with E-state index in [9.17, 15) is 14.4 Å². The highest BCUT2D eigenvalue weighted by Crippen LogP contribution is 2.31. The van der Waals surface area contributed by atoms with E-state index < -0.39 is 5.69 Å². The summed E-state index contributed by atoms with van der Waals surface area (Å²) in [5, 5.41) is 0.404. The van der Waals surface area contributed by atoms with Crippen LogP contribution >= 0.6 is 0 Å². The summed E-state index contributed by atoms with van der Waals surface area (Å²) in [4.78, 5) is 44.3. The first-order chi connectivity index (χ1) is 14.5. The van der Waals surface area contributed by atoms with Crippen molar-refractivity contribution >= 4 is 16.9 Å². The van der Waals surface area contributed by atoms with Gasteiger partial charge in [-0.25, -0.2) is 9.78 Å². The van der Waals surface area contributed by atoms with E-state index in [2.05, 4.69) is 4.98 Å². The van der Waals surface area contributed by atoms with Gasteiger partial charge in [0.15, 0.2) is 0 Å². The fourth-order valence-corrected chi connectivity index (χ4v) is 4.23. The molecule has 2 aromatic heterocycles. The normalized spacial score (nSPS) is 16.7. The molecule has 1 aliphatic rings. The van der Waals surface area contributed by atoms with Crippen LogP contribution in [0.25, 0.3) is 11.0 Å². The smallest absolute Gasteiger partial charge is 0.332 e. The van der Waals surface area contributed by atoms with Gasteiger partial charge in [0.2, 0.25) is 5.91 Å². The fourth-order valence-electron chi connectivity index (χ4n) is 4.23. The van der Waals surface area contributed by atoms with Gasteiger partial charge in [0.1, 0.15) is 5.65 Å². The SMILES string of the molecule is Cn1c(=O)c2ccc(C3CCCCN3C(=O)CCc3ccccc3)nc2n(C)c1=O. The summed E-state index contributed by atoms with van der Waals surface area (Å²) in [6.07, 6.45) is 3.97. The van der Waals surface area contributed by atoms with Crippen LogP contribution in [-0.4, -0.2) is 31.5 Å². The minimum absolute atomic E-state index is 0.114. The Hall–Kier alpha value is -3.22. The summed E-state index contributed by atoms with van der Waals surface area (Å²) < 4.78 is 2.48. The molecule has 156 valence electrons. The van der Waals surface area contributed by atoms with E-state index in [4.69, 9.17) is 0 Å². The Balaban J connectivity index is 1.64. The number of carbonyl (C=O) groups excluding carboxylic acids is 1. The van der Waals surface area contributed by atoms with Crippen LogP contribution in [0.15, 0.2) is 52.1 Å². The molecular formula is C23H26N4O3. The van der Waals surface area contributed by atoms with Gasteiger partial charge in [-0.1, -0.05) is 30.3 Å². The zero-order valence-electron chi connectivity index (χ0n) is 17.4. The fraction of sp³-hybridized carbons (Fsp3) is 0.391. The minimum Gasteiger partial charge on any atom is -0.334 e. The number of aryl methyl sites for hydroxylation is 2. The van der Waals surface area contributed by atoms with Crippen molar-refractivity contribution in [3.8, 4) is 0 Å². The molecule has 1 fully saturated rings. The second-order valence-electron chi connectivity index (χ2n) is 7.90. The van der Waals surface area contributed by atoms with Crippen LogP contribution in [0.1, 0.15) is 43.0 Å². The molecule has 7 nitrogen and oxygen atoms in total. The van der Waals surface area contributed by atoms with Crippen molar-refractivity contribution in [2.45, 2.75) is 38.1 Å². The van der Waals surface area contributed by atoms with Crippen LogP contribution in [0.3, 0.4) is 0 Å². The monoisotopic (exact) mass is 406 g/mol. The molecule has 30 heavy (non-hydrogen) atoms. The number of likely N-dealkylation sites (tertiary alicyclic amines) is 1. The maximum atomic E-state index is 13.0. The third kappa shape index (κ3) is 3.67. The molecule has 3 aromatic rings. The summed E-state index contributed by atoms with van der Waals surface area (Å²) in [5.41, 5.74) is 1.48. The molecule has 1 atom stereocenters. The lowest BCUT2D eigenvalue weighted by molar-refractivity contribution is -0.135. The average Bonchev–Trinajstić information content (AvgIpc) is 2.80. The number of benzene rings is 1. The molecule has 1 saturated heterocycles. The van der Waals surface area contributed by atoms with E-state index in [1.807, 2.05) is 41.3 Å². The van der Waals surface area contributed by atoms with Gasteiger partial charge in [-0.05, 0) is 43.4 Å². The standard InChI is InChI=1S/C23H26N4O3/c1-25-21-17(22(29)26(2)23(25)30)12-13-18(24-21)19-10-6-7-15-27(19)20(28)14-11-16-8-4-3-5-9-16/h3-5,8-9,12-13,19H,6-7,10-11,14-15H2,1-2H3. The van der Waals surface area contributed by atoms with E-state index in [0.717, 1.165) is 35.1 Å². The lowest BCUT2D eigenvalue weighted by atomic mass is 9.97. The maximum Gasteiger partial charge on any atom is 0.332 e. The molecule has 0 bridgehead atoms. The highest BCUT2D eigenvalue weighted by molar-refractivity contribution is 5.77. The molecule has 0 N–H and O–H groups in total. The Morgan fingerprint density at radius 3 is 2.57 bits per heavy atom. The van der Waals surface area contributed by atoms with E-state index in [-0.39, 0.29) is 17.5 Å². The van der Waals surface area contributed by atoms with Crippen LogP contribution in [-0.2, 0) is 25.3 Å². The molecule has 1 amide bonds. The number of nitrogens with zero attached hydrogens (tertiary/aromatic N) is 4. The predicted octanol–water partition coefficient (Wildman–Crippen LogP) is 2.32. The van der Waals surface area contributed by atoms with Crippen LogP contribution < -0.4 is 11.2 Å². The second kappa shape index (κ2) is 8.26. The third-order valence-corrected chi connectivity index (χ3v) is 5.96. The molecule has 4 rings (SSSR count). The van der Waals surface area contributed by atoms with Gasteiger partial charge in [0, 0.05) is 27.1 Å². The van der Waals surface area contributed by atoms with Gasteiger partial charge in [0.25, 0.3) is 5.56 Å². The summed E-state index contributed by atoms with van der Waals surface area (Å²) in [6, 6.07) is 13.4. The number of fused-ring (bicyclic) bond motifs is 1. The Bertz CT molecular complexity index is 1200. The van der Waals surface area contributed by atoms with Gasteiger partial charge < -0.3 is 4.90 Å². The van der Waals surface area contributed by atoms with E-state index in [1.165, 1.54) is 11.6 Å². The van der Waals surface area contributed by atoms with Crippen molar-refractivity contribution in [3.63, 3.8) is 0 Å². The van der Waals surface area contributed by atoms with Crippen molar-refractivity contribution in [2.24, 2.45) is 14.1 Å². The molecule has 0 radical (unpaired) electrons. The highest BCUT2D eigenvalue weighted by atomic mass is 16.2. The van der Waals surface area contributed by atoms with Gasteiger partial charge in [0.05, 0.1) is 17.1 Å². The quantitative estimate of drug-likeness (QED) is 0.666.